The fraction of sp³-hybridized carbons (Fsp3) is 0.750. The molecule has 2 N–H and O–H groups in total. The number of urea groups is 1. The molecule has 1 saturated heterocycles. The van der Waals surface area contributed by atoms with E-state index in [1.165, 1.54) is 0 Å². The zero-order valence-corrected chi connectivity index (χ0v) is 10.4. The Morgan fingerprint density at radius 1 is 1.44 bits per heavy atom. The molecule has 2 rings (SSSR count). The molecule has 6 nitrogen and oxygen atoms in total. The summed E-state index contributed by atoms with van der Waals surface area (Å²) in [5.41, 5.74) is -0.762. The second kappa shape index (κ2) is 4.59. The fourth-order valence-electron chi connectivity index (χ4n) is 2.68. The van der Waals surface area contributed by atoms with E-state index in [0.29, 0.717) is 18.8 Å². The van der Waals surface area contributed by atoms with Crippen molar-refractivity contribution in [1.82, 2.24) is 10.2 Å². The van der Waals surface area contributed by atoms with Gasteiger partial charge in [0.2, 0.25) is 0 Å². The van der Waals surface area contributed by atoms with Crippen molar-refractivity contribution in [2.45, 2.75) is 44.6 Å². The van der Waals surface area contributed by atoms with Gasteiger partial charge in [-0.15, -0.1) is 0 Å². The molecule has 100 valence electrons. The summed E-state index contributed by atoms with van der Waals surface area (Å²) < 4.78 is 0. The molecule has 18 heavy (non-hydrogen) atoms. The average Bonchev–Trinajstić information content (AvgIpc) is 2.53. The summed E-state index contributed by atoms with van der Waals surface area (Å²) in [6.07, 6.45) is 2.94. The molecule has 3 amide bonds. The number of carboxylic acid groups (broad SMARTS) is 1. The smallest absolute Gasteiger partial charge is 0.325 e. The van der Waals surface area contributed by atoms with Gasteiger partial charge in [0.25, 0.3) is 5.91 Å². The molecule has 0 aromatic heterocycles. The summed E-state index contributed by atoms with van der Waals surface area (Å²) in [6, 6.07) is -0.448. The molecule has 2 fully saturated rings. The molecule has 0 unspecified atom stereocenters. The Hall–Kier alpha value is -1.59. The topological polar surface area (TPSA) is 86.7 Å². The minimum Gasteiger partial charge on any atom is -0.481 e. The molecule has 1 spiro atoms. The lowest BCUT2D eigenvalue weighted by molar-refractivity contribution is -0.138. The Morgan fingerprint density at radius 3 is 2.61 bits per heavy atom. The molecular formula is C12H18N2O4. The van der Waals surface area contributed by atoms with Crippen LogP contribution in [0.15, 0.2) is 0 Å². The van der Waals surface area contributed by atoms with Crippen LogP contribution >= 0.6 is 0 Å². The van der Waals surface area contributed by atoms with Gasteiger partial charge in [0.05, 0.1) is 6.42 Å². The predicted octanol–water partition coefficient (Wildman–Crippen LogP) is 0.962. The van der Waals surface area contributed by atoms with Crippen LogP contribution in [0.4, 0.5) is 4.79 Å². The highest BCUT2D eigenvalue weighted by Crippen LogP contribution is 2.36. The van der Waals surface area contributed by atoms with Crippen LogP contribution < -0.4 is 5.32 Å². The number of hydrogen-bond acceptors (Lipinski definition) is 3. The molecule has 1 aliphatic carbocycles. The Labute approximate surface area is 105 Å². The third kappa shape index (κ3) is 2.19. The molecule has 0 aromatic carbocycles. The summed E-state index contributed by atoms with van der Waals surface area (Å²) in [6.45, 7) is 2.09. The third-order valence-electron chi connectivity index (χ3n) is 3.92. The first-order chi connectivity index (χ1) is 8.44. The maximum Gasteiger partial charge on any atom is 0.325 e. The minimum absolute atomic E-state index is 0.0443. The van der Waals surface area contributed by atoms with Crippen LogP contribution in [0.25, 0.3) is 0 Å². The number of hydrogen-bond donors (Lipinski definition) is 2. The van der Waals surface area contributed by atoms with E-state index in [9.17, 15) is 14.4 Å². The Balaban J connectivity index is 2.06. The lowest BCUT2D eigenvalue weighted by Crippen LogP contribution is -2.49. The number of imide groups is 1. The van der Waals surface area contributed by atoms with Gasteiger partial charge in [-0.3, -0.25) is 14.5 Å². The normalized spacial score (nSPS) is 31.8. The molecule has 0 radical (unpaired) electrons. The van der Waals surface area contributed by atoms with Crippen molar-refractivity contribution in [2.24, 2.45) is 5.92 Å². The van der Waals surface area contributed by atoms with Gasteiger partial charge in [-0.05, 0) is 31.6 Å². The molecule has 1 aliphatic heterocycles. The van der Waals surface area contributed by atoms with E-state index in [-0.39, 0.29) is 18.9 Å². The number of carbonyl (C=O) groups excluding carboxylic acids is 2. The van der Waals surface area contributed by atoms with Crippen LogP contribution in [0.1, 0.15) is 39.0 Å². The highest BCUT2D eigenvalue weighted by atomic mass is 16.4. The SMILES string of the molecule is CC1CCC2(CC1)NC(=O)N(CCC(=O)O)C2=O. The first-order valence-corrected chi connectivity index (χ1v) is 6.30. The maximum atomic E-state index is 12.3. The van der Waals surface area contributed by atoms with Crippen LogP contribution in [0, 0.1) is 5.92 Å². The molecule has 0 atom stereocenters. The largest absolute Gasteiger partial charge is 0.481 e. The van der Waals surface area contributed by atoms with E-state index in [4.69, 9.17) is 5.11 Å². The highest BCUT2D eigenvalue weighted by molar-refractivity contribution is 6.07. The van der Waals surface area contributed by atoms with E-state index < -0.39 is 17.5 Å². The molecule has 0 bridgehead atoms. The summed E-state index contributed by atoms with van der Waals surface area (Å²) in [7, 11) is 0. The quantitative estimate of drug-likeness (QED) is 0.734. The van der Waals surface area contributed by atoms with Crippen molar-refractivity contribution >= 4 is 17.9 Å². The van der Waals surface area contributed by atoms with Gasteiger partial charge in [0.15, 0.2) is 0 Å². The summed E-state index contributed by atoms with van der Waals surface area (Å²) in [4.78, 5) is 35.6. The monoisotopic (exact) mass is 254 g/mol. The van der Waals surface area contributed by atoms with Crippen molar-refractivity contribution in [3.63, 3.8) is 0 Å². The number of nitrogens with one attached hydrogen (secondary N) is 1. The van der Waals surface area contributed by atoms with E-state index in [2.05, 4.69) is 12.2 Å². The van der Waals surface area contributed by atoms with Crippen LogP contribution in [-0.2, 0) is 9.59 Å². The number of nitrogens with zero attached hydrogens (tertiary/aromatic N) is 1. The third-order valence-corrected chi connectivity index (χ3v) is 3.92. The summed E-state index contributed by atoms with van der Waals surface area (Å²) in [5, 5.41) is 11.4. The first kappa shape index (κ1) is 12.9. The standard InChI is InChI=1S/C12H18N2O4/c1-8-2-5-12(6-3-8)10(17)14(11(18)13-12)7-4-9(15)16/h8H,2-7H2,1H3,(H,13,18)(H,15,16). The van der Waals surface area contributed by atoms with Gasteiger partial charge in [-0.1, -0.05) is 6.92 Å². The molecular weight excluding hydrogens is 236 g/mol. The van der Waals surface area contributed by atoms with Crippen molar-refractivity contribution in [2.75, 3.05) is 6.54 Å². The predicted molar refractivity (Wildman–Crippen MR) is 62.9 cm³/mol. The van der Waals surface area contributed by atoms with Crippen LogP contribution in [0.3, 0.4) is 0 Å². The second-order valence-corrected chi connectivity index (χ2v) is 5.30. The van der Waals surface area contributed by atoms with Gasteiger partial charge in [0.1, 0.15) is 5.54 Å². The zero-order valence-electron chi connectivity index (χ0n) is 10.4. The van der Waals surface area contributed by atoms with Crippen molar-refractivity contribution < 1.29 is 19.5 Å². The maximum absolute atomic E-state index is 12.3. The number of carboxylic acids is 1. The van der Waals surface area contributed by atoms with Gasteiger partial charge in [-0.2, -0.15) is 0 Å². The van der Waals surface area contributed by atoms with Crippen LogP contribution in [-0.4, -0.2) is 40.0 Å². The molecule has 0 aromatic rings. The number of rotatable bonds is 3. The fourth-order valence-corrected chi connectivity index (χ4v) is 2.68. The minimum atomic E-state index is -1.01. The van der Waals surface area contributed by atoms with Gasteiger partial charge in [-0.25, -0.2) is 4.79 Å². The van der Waals surface area contributed by atoms with E-state index in [1.54, 1.807) is 0 Å². The lowest BCUT2D eigenvalue weighted by Gasteiger charge is -2.33. The van der Waals surface area contributed by atoms with Crippen LogP contribution in [0.2, 0.25) is 0 Å². The Kier molecular flexibility index (Phi) is 3.28. The lowest BCUT2D eigenvalue weighted by atomic mass is 9.77. The van der Waals surface area contributed by atoms with E-state index in [0.717, 1.165) is 17.7 Å². The highest BCUT2D eigenvalue weighted by Gasteiger charge is 2.51. The molecule has 1 saturated carbocycles. The van der Waals surface area contributed by atoms with Crippen LogP contribution in [0.5, 0.6) is 0 Å². The van der Waals surface area contributed by atoms with E-state index in [1.807, 2.05) is 0 Å². The summed E-state index contributed by atoms with van der Waals surface area (Å²) in [5.74, 6) is -0.678. The Bertz CT molecular complexity index is 386. The number of carbonyl (C=O) groups is 3. The van der Waals surface area contributed by atoms with Gasteiger partial charge >= 0.3 is 12.0 Å². The number of amides is 3. The first-order valence-electron chi connectivity index (χ1n) is 6.30. The van der Waals surface area contributed by atoms with Crippen molar-refractivity contribution in [1.29, 1.82) is 0 Å². The molecule has 6 heteroatoms. The van der Waals surface area contributed by atoms with Gasteiger partial charge in [0, 0.05) is 6.54 Å². The van der Waals surface area contributed by atoms with Crippen molar-refractivity contribution in [3.8, 4) is 0 Å². The van der Waals surface area contributed by atoms with Gasteiger partial charge < -0.3 is 10.4 Å². The zero-order chi connectivity index (χ0) is 13.3. The Morgan fingerprint density at radius 2 is 2.06 bits per heavy atom. The van der Waals surface area contributed by atoms with E-state index >= 15 is 0 Å². The molecule has 2 aliphatic rings. The average molecular weight is 254 g/mol. The molecule has 1 heterocycles. The number of aliphatic carboxylic acids is 1. The van der Waals surface area contributed by atoms with Crippen molar-refractivity contribution in [3.05, 3.63) is 0 Å². The second-order valence-electron chi connectivity index (χ2n) is 5.30. The summed E-state index contributed by atoms with van der Waals surface area (Å²) >= 11 is 0.